The van der Waals surface area contributed by atoms with Crippen molar-refractivity contribution in [2.75, 3.05) is 17.2 Å². The molecule has 1 saturated carbocycles. The van der Waals surface area contributed by atoms with E-state index in [1.54, 1.807) is 24.3 Å². The number of nitrogens with zero attached hydrogens (tertiary/aromatic N) is 2. The number of para-hydroxylation sites is 1. The summed E-state index contributed by atoms with van der Waals surface area (Å²) in [7, 11) is 0. The Morgan fingerprint density at radius 3 is 2.43 bits per heavy atom. The predicted molar refractivity (Wildman–Crippen MR) is 108 cm³/mol. The van der Waals surface area contributed by atoms with E-state index in [0.29, 0.717) is 5.69 Å². The van der Waals surface area contributed by atoms with Crippen molar-refractivity contribution in [2.24, 2.45) is 5.73 Å². The molecule has 1 aromatic heterocycles. The molecule has 2 aromatic rings. The van der Waals surface area contributed by atoms with Crippen molar-refractivity contribution in [2.45, 2.75) is 38.1 Å². The first-order valence-electron chi connectivity index (χ1n) is 9.18. The van der Waals surface area contributed by atoms with Gasteiger partial charge in [0.1, 0.15) is 11.4 Å². The van der Waals surface area contributed by atoms with Gasteiger partial charge in [0.2, 0.25) is 5.91 Å². The van der Waals surface area contributed by atoms with Gasteiger partial charge < -0.3 is 16.8 Å². The zero-order valence-corrected chi connectivity index (χ0v) is 16.2. The fourth-order valence-corrected chi connectivity index (χ4v) is 4.06. The Morgan fingerprint density at radius 1 is 1.14 bits per heavy atom. The Labute approximate surface area is 167 Å². The molecule has 0 spiro atoms. The molecule has 0 atom stereocenters. The maximum atomic E-state index is 13.1. The summed E-state index contributed by atoms with van der Waals surface area (Å²) in [5.74, 6) is -1.52. The molecule has 3 rings (SSSR count). The van der Waals surface area contributed by atoms with Crippen LogP contribution < -0.4 is 21.7 Å². The van der Waals surface area contributed by atoms with E-state index in [4.69, 9.17) is 11.5 Å². The van der Waals surface area contributed by atoms with Crippen LogP contribution >= 0.6 is 11.5 Å². The fourth-order valence-electron chi connectivity index (χ4n) is 3.30. The molecule has 1 aromatic carbocycles. The Hall–Kier alpha value is -2.94. The zero-order valence-electron chi connectivity index (χ0n) is 15.4. The van der Waals surface area contributed by atoms with Crippen molar-refractivity contribution in [3.8, 4) is 0 Å². The number of carbonyl (C=O) groups excluding carboxylic acids is 3. The number of carbonyl (C=O) groups is 3. The molecule has 1 heterocycles. The van der Waals surface area contributed by atoms with E-state index < -0.39 is 11.8 Å². The van der Waals surface area contributed by atoms with Crippen molar-refractivity contribution >= 4 is 40.6 Å². The zero-order chi connectivity index (χ0) is 20.1. The van der Waals surface area contributed by atoms with Gasteiger partial charge in [-0.05, 0) is 36.5 Å². The van der Waals surface area contributed by atoms with Gasteiger partial charge in [-0.1, -0.05) is 37.5 Å². The highest BCUT2D eigenvalue weighted by Crippen LogP contribution is 2.26. The second kappa shape index (κ2) is 8.83. The normalized spacial score (nSPS) is 14.4. The first-order chi connectivity index (χ1) is 13.5. The smallest absolute Gasteiger partial charge is 0.272 e. The largest absolute Gasteiger partial charge is 0.395 e. The van der Waals surface area contributed by atoms with Crippen LogP contribution in [0.4, 0.5) is 11.4 Å². The van der Waals surface area contributed by atoms with Crippen LogP contribution in [0.15, 0.2) is 30.3 Å². The highest BCUT2D eigenvalue weighted by atomic mass is 32.1. The third-order valence-electron chi connectivity index (χ3n) is 4.74. The van der Waals surface area contributed by atoms with Gasteiger partial charge in [0, 0.05) is 11.7 Å². The van der Waals surface area contributed by atoms with Crippen LogP contribution in [-0.4, -0.2) is 34.7 Å². The number of amides is 3. The molecule has 0 unspecified atom stereocenters. The molecular weight excluding hydrogens is 378 g/mol. The monoisotopic (exact) mass is 401 g/mol. The van der Waals surface area contributed by atoms with Crippen LogP contribution in [0.1, 0.15) is 52.3 Å². The molecule has 1 fully saturated rings. The summed E-state index contributed by atoms with van der Waals surface area (Å²) in [6, 6.07) is 8.99. The fraction of sp³-hybridized carbons (Fsp3) is 0.368. The van der Waals surface area contributed by atoms with Crippen LogP contribution in [0.5, 0.6) is 0 Å². The number of anilines is 2. The van der Waals surface area contributed by atoms with Crippen molar-refractivity contribution < 1.29 is 14.4 Å². The topological polar surface area (TPSA) is 131 Å². The van der Waals surface area contributed by atoms with Gasteiger partial charge in [0.25, 0.3) is 11.8 Å². The lowest BCUT2D eigenvalue weighted by Gasteiger charge is -2.26. The number of nitrogen functional groups attached to an aromatic ring is 1. The van der Waals surface area contributed by atoms with Crippen molar-refractivity contribution in [3.63, 3.8) is 0 Å². The van der Waals surface area contributed by atoms with Gasteiger partial charge >= 0.3 is 0 Å². The minimum absolute atomic E-state index is 0.0591. The standard InChI is InChI=1S/C19H23N5O3S/c20-15-16(18(21)26)23-28-17(15)19(27)24(13-9-5-2-6-10-13)11-14(25)22-12-7-3-1-4-8-12/h2,5-6,9-10,12H,1,3-4,7-8,11,20H2,(H2,21,26)(H,22,25). The molecule has 0 aliphatic heterocycles. The summed E-state index contributed by atoms with van der Waals surface area (Å²) in [5.41, 5.74) is 11.5. The van der Waals surface area contributed by atoms with Crippen LogP contribution in [0.3, 0.4) is 0 Å². The number of hydrogen-bond acceptors (Lipinski definition) is 6. The first-order valence-corrected chi connectivity index (χ1v) is 9.96. The van der Waals surface area contributed by atoms with Crippen molar-refractivity contribution in [1.82, 2.24) is 9.69 Å². The molecule has 0 saturated heterocycles. The summed E-state index contributed by atoms with van der Waals surface area (Å²) in [6.45, 7) is -0.150. The van der Waals surface area contributed by atoms with Gasteiger partial charge in [-0.3, -0.25) is 19.3 Å². The second-order valence-corrected chi connectivity index (χ2v) is 7.54. The number of primary amides is 1. The van der Waals surface area contributed by atoms with Crippen molar-refractivity contribution in [3.05, 3.63) is 40.9 Å². The molecule has 5 N–H and O–H groups in total. The molecule has 0 bridgehead atoms. The van der Waals surface area contributed by atoms with Crippen LogP contribution in [0, 0.1) is 0 Å². The molecule has 148 valence electrons. The van der Waals surface area contributed by atoms with E-state index in [1.807, 2.05) is 6.07 Å². The average molecular weight is 401 g/mol. The molecule has 0 radical (unpaired) electrons. The SMILES string of the molecule is NC(=O)c1nsc(C(=O)N(CC(=O)NC2CCCCC2)c2ccccc2)c1N. The summed E-state index contributed by atoms with van der Waals surface area (Å²) >= 11 is 0.800. The third kappa shape index (κ3) is 4.48. The molecule has 1 aliphatic carbocycles. The quantitative estimate of drug-likeness (QED) is 0.680. The van der Waals surface area contributed by atoms with Crippen LogP contribution in [-0.2, 0) is 4.79 Å². The lowest BCUT2D eigenvalue weighted by molar-refractivity contribution is -0.120. The van der Waals surface area contributed by atoms with E-state index in [2.05, 4.69) is 9.69 Å². The summed E-state index contributed by atoms with van der Waals surface area (Å²) < 4.78 is 3.88. The van der Waals surface area contributed by atoms with E-state index in [1.165, 1.54) is 11.3 Å². The molecule has 3 amide bonds. The minimum Gasteiger partial charge on any atom is -0.395 e. The highest BCUT2D eigenvalue weighted by Gasteiger charge is 2.28. The third-order valence-corrected chi connectivity index (χ3v) is 5.59. The second-order valence-electron chi connectivity index (χ2n) is 6.77. The predicted octanol–water partition coefficient (Wildman–Crippen LogP) is 1.92. The number of rotatable bonds is 6. The summed E-state index contributed by atoms with van der Waals surface area (Å²) in [6.07, 6.45) is 5.29. The summed E-state index contributed by atoms with van der Waals surface area (Å²) in [5, 5.41) is 3.01. The maximum Gasteiger partial charge on any atom is 0.272 e. The molecular formula is C19H23N5O3S. The number of nitrogens with two attached hydrogens (primary N) is 2. The Balaban J connectivity index is 1.82. The van der Waals surface area contributed by atoms with E-state index in [9.17, 15) is 14.4 Å². The van der Waals surface area contributed by atoms with Crippen molar-refractivity contribution in [1.29, 1.82) is 0 Å². The minimum atomic E-state index is -0.797. The lowest BCUT2D eigenvalue weighted by Crippen LogP contribution is -2.45. The number of hydrogen-bond donors (Lipinski definition) is 3. The van der Waals surface area contributed by atoms with Gasteiger partial charge in [-0.15, -0.1) is 0 Å². The van der Waals surface area contributed by atoms with Gasteiger partial charge in [0.15, 0.2) is 5.69 Å². The van der Waals surface area contributed by atoms with E-state index in [-0.39, 0.29) is 34.8 Å². The first kappa shape index (κ1) is 19.8. The molecule has 28 heavy (non-hydrogen) atoms. The molecule has 1 aliphatic rings. The number of nitrogens with one attached hydrogen (secondary N) is 1. The van der Waals surface area contributed by atoms with E-state index in [0.717, 1.165) is 37.2 Å². The molecule has 8 nitrogen and oxygen atoms in total. The maximum absolute atomic E-state index is 13.1. The Kier molecular flexibility index (Phi) is 6.25. The van der Waals surface area contributed by atoms with Gasteiger partial charge in [0.05, 0.1) is 5.69 Å². The lowest BCUT2D eigenvalue weighted by atomic mass is 9.95. The van der Waals surface area contributed by atoms with Crippen LogP contribution in [0.25, 0.3) is 0 Å². The molecule has 9 heteroatoms. The average Bonchev–Trinajstić information content (AvgIpc) is 3.09. The van der Waals surface area contributed by atoms with Gasteiger partial charge in [-0.2, -0.15) is 4.37 Å². The van der Waals surface area contributed by atoms with Crippen LogP contribution in [0.2, 0.25) is 0 Å². The highest BCUT2D eigenvalue weighted by molar-refractivity contribution is 7.09. The Morgan fingerprint density at radius 2 is 1.82 bits per heavy atom. The summed E-state index contributed by atoms with van der Waals surface area (Å²) in [4.78, 5) is 38.5. The number of benzene rings is 1. The number of aromatic nitrogens is 1. The van der Waals surface area contributed by atoms with E-state index >= 15 is 0 Å². The Bertz CT molecular complexity index is 862. The van der Waals surface area contributed by atoms with Gasteiger partial charge in [-0.25, -0.2) is 0 Å².